The van der Waals surface area contributed by atoms with Crippen molar-refractivity contribution in [3.8, 4) is 0 Å². The van der Waals surface area contributed by atoms with Crippen LogP contribution in [0.15, 0.2) is 29.8 Å². The van der Waals surface area contributed by atoms with E-state index in [2.05, 4.69) is 31.0 Å². The van der Waals surface area contributed by atoms with Crippen LogP contribution in [0, 0.1) is 42.4 Å². The molecule has 46 heavy (non-hydrogen) atoms. The highest BCUT2D eigenvalue weighted by Gasteiger charge is 2.68. The van der Waals surface area contributed by atoms with Gasteiger partial charge in [-0.1, -0.05) is 51.5 Å². The van der Waals surface area contributed by atoms with Crippen molar-refractivity contribution < 1.29 is 34.1 Å². The first kappa shape index (κ1) is 36.0. The number of aliphatic hydroxyl groups excluding tert-OH is 1. The normalized spacial score (nSPS) is 33.1. The van der Waals surface area contributed by atoms with Crippen LogP contribution in [-0.4, -0.2) is 76.5 Å². The van der Waals surface area contributed by atoms with Crippen LogP contribution in [0.4, 0.5) is 5.69 Å². The predicted molar refractivity (Wildman–Crippen MR) is 177 cm³/mol. The number of rotatable bonds is 8. The Balaban J connectivity index is 0.000000242. The van der Waals surface area contributed by atoms with Crippen LogP contribution in [0.2, 0.25) is 0 Å². The van der Waals surface area contributed by atoms with E-state index in [0.717, 1.165) is 61.2 Å². The first-order valence-electron chi connectivity index (χ1n) is 17.0. The molecule has 0 heterocycles. The Kier molecular flexibility index (Phi) is 11.0. The number of hydrogen-bond acceptors (Lipinski definition) is 8. The van der Waals surface area contributed by atoms with Crippen molar-refractivity contribution in [1.82, 2.24) is 4.90 Å². The molecular weight excluding hydrogens is 584 g/mol. The second-order valence-corrected chi connectivity index (χ2v) is 14.5. The molecule has 3 N–H and O–H groups in total. The van der Waals surface area contributed by atoms with Crippen molar-refractivity contribution in [1.29, 1.82) is 0 Å². The Morgan fingerprint density at radius 3 is 2.30 bits per heavy atom. The van der Waals surface area contributed by atoms with Gasteiger partial charge in [-0.3, -0.25) is 24.1 Å². The molecule has 4 aliphatic rings. The SMILES string of the molecule is CC(=O)OCC(=O)[C@@]1(O)CC[C@H]2[C@@H]3CCC4=CC(=O)CC[C@]4(C)[C@H]3[C@@H](O)C[C@@]21C.CCN(CC)CC(=O)Nc1c(C)cccc1C. The molecule has 0 bridgehead atoms. The van der Waals surface area contributed by atoms with Crippen LogP contribution in [0.25, 0.3) is 0 Å². The highest BCUT2D eigenvalue weighted by molar-refractivity contribution is 5.94. The number of hydrogen-bond donors (Lipinski definition) is 3. The van der Waals surface area contributed by atoms with Crippen LogP contribution < -0.4 is 5.32 Å². The Morgan fingerprint density at radius 2 is 1.70 bits per heavy atom. The third-order valence-corrected chi connectivity index (χ3v) is 11.9. The Bertz CT molecular complexity index is 1350. The van der Waals surface area contributed by atoms with Crippen molar-refractivity contribution in [2.75, 3.05) is 31.6 Å². The van der Waals surface area contributed by atoms with Crippen molar-refractivity contribution in [2.24, 2.45) is 28.6 Å². The third kappa shape index (κ3) is 6.74. The number of carbonyl (C=O) groups is 4. The maximum absolute atomic E-state index is 12.9. The summed E-state index contributed by atoms with van der Waals surface area (Å²) in [4.78, 5) is 50.0. The summed E-state index contributed by atoms with van der Waals surface area (Å²) in [6, 6.07) is 6.03. The van der Waals surface area contributed by atoms with E-state index in [1.54, 1.807) is 6.08 Å². The smallest absolute Gasteiger partial charge is 0.303 e. The summed E-state index contributed by atoms with van der Waals surface area (Å²) in [5, 5.41) is 25.8. The van der Waals surface area contributed by atoms with Gasteiger partial charge in [0.15, 0.2) is 12.4 Å². The van der Waals surface area contributed by atoms with Gasteiger partial charge in [0.25, 0.3) is 0 Å². The molecule has 0 aliphatic heterocycles. The zero-order valence-corrected chi connectivity index (χ0v) is 28.8. The molecule has 7 atom stereocenters. The van der Waals surface area contributed by atoms with Gasteiger partial charge in [-0.15, -0.1) is 0 Å². The van der Waals surface area contributed by atoms with Crippen molar-refractivity contribution in [3.05, 3.63) is 41.0 Å². The van der Waals surface area contributed by atoms with Gasteiger partial charge in [0, 0.05) is 24.4 Å². The molecule has 0 spiro atoms. The zero-order valence-electron chi connectivity index (χ0n) is 28.8. The summed E-state index contributed by atoms with van der Waals surface area (Å²) < 4.78 is 4.89. The summed E-state index contributed by atoms with van der Waals surface area (Å²) in [5.74, 6) is -0.401. The number of esters is 1. The van der Waals surface area contributed by atoms with Crippen LogP contribution in [0.3, 0.4) is 0 Å². The maximum Gasteiger partial charge on any atom is 0.303 e. The second kappa shape index (κ2) is 14.1. The quantitative estimate of drug-likeness (QED) is 0.341. The Labute approximate surface area is 274 Å². The van der Waals surface area contributed by atoms with E-state index in [9.17, 15) is 29.4 Å². The molecule has 1 aromatic rings. The Morgan fingerprint density at radius 1 is 1.04 bits per heavy atom. The number of ether oxygens (including phenoxy) is 1. The standard InChI is InChI=1S/C23H32O6.C14H22N2O/c1-13(24)29-12-19(27)23(28)9-7-17-16-5-4-14-10-15(25)6-8-21(14,2)20(16)18(26)11-22(17,23)3;1-5-16(6-2)10-13(17)15-14-11(3)8-7-9-12(14)4/h10,16-18,20,26,28H,4-9,11-12H2,1-3H3;7-9H,5-6,10H2,1-4H3,(H,15,17)/t16-,17-,18-,20+,21-,22-,23-;/m0./s1. The van der Waals surface area contributed by atoms with Gasteiger partial charge in [-0.2, -0.15) is 0 Å². The fourth-order valence-electron chi connectivity index (χ4n) is 9.28. The molecule has 3 fully saturated rings. The van der Waals surface area contributed by atoms with Crippen LogP contribution >= 0.6 is 0 Å². The van der Waals surface area contributed by atoms with Crippen molar-refractivity contribution >= 4 is 29.1 Å². The number of nitrogens with one attached hydrogen (secondary N) is 1. The van der Waals surface area contributed by atoms with E-state index in [1.165, 1.54) is 6.92 Å². The van der Waals surface area contributed by atoms with Gasteiger partial charge in [-0.25, -0.2) is 0 Å². The fraction of sp³-hybridized carbons (Fsp3) is 0.676. The average Bonchev–Trinajstić information content (AvgIpc) is 3.27. The lowest BCUT2D eigenvalue weighted by molar-refractivity contribution is -0.184. The number of benzene rings is 1. The third-order valence-electron chi connectivity index (χ3n) is 11.9. The molecule has 1 amide bonds. The topological polar surface area (TPSA) is 133 Å². The number of Topliss-reactive ketones (excluding diaryl/α,β-unsaturated/α-hetero) is 1. The lowest BCUT2D eigenvalue weighted by Crippen LogP contribution is -2.62. The molecule has 9 nitrogen and oxygen atoms in total. The van der Waals surface area contributed by atoms with Gasteiger partial charge < -0.3 is 20.3 Å². The molecule has 3 saturated carbocycles. The summed E-state index contributed by atoms with van der Waals surface area (Å²) in [6.07, 6.45) is 5.54. The number of nitrogens with zero attached hydrogens (tertiary/aromatic N) is 1. The molecule has 0 unspecified atom stereocenters. The van der Waals surface area contributed by atoms with Gasteiger partial charge in [0.05, 0.1) is 12.6 Å². The molecule has 5 rings (SSSR count). The highest BCUT2D eigenvalue weighted by atomic mass is 16.5. The predicted octanol–water partition coefficient (Wildman–Crippen LogP) is 4.94. The zero-order chi connectivity index (χ0) is 34.0. The van der Waals surface area contributed by atoms with Gasteiger partial charge in [0.1, 0.15) is 5.60 Å². The first-order valence-corrected chi connectivity index (χ1v) is 17.0. The first-order chi connectivity index (χ1) is 21.6. The second-order valence-electron chi connectivity index (χ2n) is 14.5. The average molecular weight is 639 g/mol. The molecule has 254 valence electrons. The summed E-state index contributed by atoms with van der Waals surface area (Å²) in [6.45, 7) is 15.3. The fourth-order valence-corrected chi connectivity index (χ4v) is 9.28. The number of likely N-dealkylation sites (N-methyl/N-ethyl adjacent to an activating group) is 1. The molecule has 4 aliphatic carbocycles. The molecule has 9 heteroatoms. The number of aliphatic hydroxyl groups is 2. The number of amides is 1. The number of ketones is 2. The molecule has 0 aromatic heterocycles. The number of carbonyl (C=O) groups excluding carboxylic acids is 4. The van der Waals surface area contributed by atoms with Gasteiger partial charge >= 0.3 is 5.97 Å². The van der Waals surface area contributed by atoms with Gasteiger partial charge in [-0.05, 0) is 106 Å². The van der Waals surface area contributed by atoms with Crippen LogP contribution in [0.1, 0.15) is 90.7 Å². The molecule has 1 aromatic carbocycles. The summed E-state index contributed by atoms with van der Waals surface area (Å²) in [5.41, 5.74) is 1.81. The largest absolute Gasteiger partial charge is 0.458 e. The number of fused-ring (bicyclic) bond motifs is 5. The Hall–Kier alpha value is -2.88. The van der Waals surface area contributed by atoms with E-state index in [-0.39, 0.29) is 34.9 Å². The highest BCUT2D eigenvalue weighted by Crippen LogP contribution is 2.67. The summed E-state index contributed by atoms with van der Waals surface area (Å²) in [7, 11) is 0. The summed E-state index contributed by atoms with van der Waals surface area (Å²) >= 11 is 0. The minimum absolute atomic E-state index is 0.0413. The number of aryl methyl sites for hydroxylation is 2. The van der Waals surface area contributed by atoms with Crippen molar-refractivity contribution in [3.63, 3.8) is 0 Å². The maximum atomic E-state index is 12.9. The van der Waals surface area contributed by atoms with E-state index < -0.39 is 35.5 Å². The molecule has 0 radical (unpaired) electrons. The number of para-hydroxylation sites is 1. The molecular formula is C37H54N2O7. The number of anilines is 1. The monoisotopic (exact) mass is 638 g/mol. The van der Waals surface area contributed by atoms with Crippen molar-refractivity contribution in [2.45, 2.75) is 105 Å². The van der Waals surface area contributed by atoms with E-state index in [0.29, 0.717) is 25.8 Å². The number of allylic oxidation sites excluding steroid dienone is 1. The lowest BCUT2D eigenvalue weighted by atomic mass is 9.45. The van der Waals surface area contributed by atoms with Crippen LogP contribution in [-0.2, 0) is 23.9 Å². The van der Waals surface area contributed by atoms with E-state index >= 15 is 0 Å². The minimum Gasteiger partial charge on any atom is -0.458 e. The minimum atomic E-state index is -1.58. The van der Waals surface area contributed by atoms with E-state index in [4.69, 9.17) is 4.74 Å². The lowest BCUT2D eigenvalue weighted by Gasteiger charge is -2.60. The van der Waals surface area contributed by atoms with E-state index in [1.807, 2.05) is 39.0 Å². The van der Waals surface area contributed by atoms with Gasteiger partial charge in [0.2, 0.25) is 11.7 Å². The molecule has 0 saturated heterocycles. The van der Waals surface area contributed by atoms with Crippen LogP contribution in [0.5, 0.6) is 0 Å².